The number of anilines is 1. The van der Waals surface area contributed by atoms with Crippen molar-refractivity contribution in [3.8, 4) is 0 Å². The van der Waals surface area contributed by atoms with Crippen LogP contribution < -0.4 is 10.6 Å². The van der Waals surface area contributed by atoms with Crippen molar-refractivity contribution in [3.05, 3.63) is 29.8 Å². The molecule has 2 rings (SSSR count). The van der Waals surface area contributed by atoms with E-state index < -0.39 is 0 Å². The van der Waals surface area contributed by atoms with Crippen molar-refractivity contribution in [1.82, 2.24) is 5.32 Å². The molecule has 0 aliphatic heterocycles. The molecular formula is C16H24N2O. The van der Waals surface area contributed by atoms with Crippen molar-refractivity contribution < 1.29 is 4.79 Å². The molecule has 1 atom stereocenters. The fourth-order valence-electron chi connectivity index (χ4n) is 2.11. The van der Waals surface area contributed by atoms with Gasteiger partial charge in [-0.25, -0.2) is 0 Å². The van der Waals surface area contributed by atoms with Crippen LogP contribution in [0.25, 0.3) is 0 Å². The predicted molar refractivity (Wildman–Crippen MR) is 79.5 cm³/mol. The summed E-state index contributed by atoms with van der Waals surface area (Å²) in [7, 11) is 0. The van der Waals surface area contributed by atoms with Crippen LogP contribution in [-0.4, -0.2) is 18.0 Å². The van der Waals surface area contributed by atoms with E-state index in [2.05, 4.69) is 24.5 Å². The van der Waals surface area contributed by atoms with E-state index in [4.69, 9.17) is 0 Å². The molecule has 1 unspecified atom stereocenters. The lowest BCUT2D eigenvalue weighted by Crippen LogP contribution is -2.25. The average molecular weight is 260 g/mol. The lowest BCUT2D eigenvalue weighted by Gasteiger charge is -2.15. The number of unbranched alkanes of at least 4 members (excludes halogenated alkanes) is 1. The molecule has 1 aliphatic rings. The first-order chi connectivity index (χ1) is 9.19. The fourth-order valence-corrected chi connectivity index (χ4v) is 2.11. The highest BCUT2D eigenvalue weighted by Gasteiger charge is 2.23. The molecule has 1 amide bonds. The van der Waals surface area contributed by atoms with Gasteiger partial charge in [-0.1, -0.05) is 25.8 Å². The van der Waals surface area contributed by atoms with Crippen LogP contribution in [0.2, 0.25) is 0 Å². The Morgan fingerprint density at radius 3 is 2.89 bits per heavy atom. The number of hydrogen-bond acceptors (Lipinski definition) is 2. The summed E-state index contributed by atoms with van der Waals surface area (Å²) in [5, 5.41) is 6.48. The molecule has 1 aliphatic carbocycles. The van der Waals surface area contributed by atoms with Gasteiger partial charge in [0.15, 0.2) is 0 Å². The van der Waals surface area contributed by atoms with E-state index in [9.17, 15) is 4.79 Å². The summed E-state index contributed by atoms with van der Waals surface area (Å²) in [5.74, 6) is 0.0485. The highest BCUT2D eigenvalue weighted by molar-refractivity contribution is 5.95. The van der Waals surface area contributed by atoms with Crippen LogP contribution in [0.3, 0.4) is 0 Å². The van der Waals surface area contributed by atoms with Crippen LogP contribution in [-0.2, 0) is 0 Å². The molecule has 3 nitrogen and oxygen atoms in total. The van der Waals surface area contributed by atoms with Crippen molar-refractivity contribution in [2.45, 2.75) is 58.0 Å². The summed E-state index contributed by atoms with van der Waals surface area (Å²) in [6, 6.07) is 8.64. The Hall–Kier alpha value is -1.51. The third-order valence-corrected chi connectivity index (χ3v) is 3.44. The van der Waals surface area contributed by atoms with Crippen LogP contribution in [0, 0.1) is 0 Å². The van der Waals surface area contributed by atoms with Crippen LogP contribution in [0.4, 0.5) is 5.69 Å². The third kappa shape index (κ3) is 4.58. The number of rotatable bonds is 7. The molecule has 1 saturated carbocycles. The van der Waals surface area contributed by atoms with Crippen LogP contribution in [0.1, 0.15) is 56.3 Å². The first-order valence-corrected chi connectivity index (χ1v) is 7.36. The fraction of sp³-hybridized carbons (Fsp3) is 0.562. The van der Waals surface area contributed by atoms with Gasteiger partial charge >= 0.3 is 0 Å². The van der Waals surface area contributed by atoms with Crippen LogP contribution >= 0.6 is 0 Å². The lowest BCUT2D eigenvalue weighted by atomic mass is 10.1. The highest BCUT2D eigenvalue weighted by atomic mass is 16.1. The summed E-state index contributed by atoms with van der Waals surface area (Å²) < 4.78 is 0. The molecule has 0 spiro atoms. The standard InChI is InChI=1S/C16H24N2O/c1-3-4-6-12(2)17-15-8-5-7-13(11-15)16(19)18-14-9-10-14/h5,7-8,11-12,14,17H,3-4,6,9-10H2,1-2H3,(H,18,19). The van der Waals surface area contributed by atoms with Crippen molar-refractivity contribution >= 4 is 11.6 Å². The van der Waals surface area contributed by atoms with E-state index in [1.165, 1.54) is 12.8 Å². The number of benzene rings is 1. The van der Waals surface area contributed by atoms with Crippen molar-refractivity contribution in [1.29, 1.82) is 0 Å². The largest absolute Gasteiger partial charge is 0.383 e. The number of carbonyl (C=O) groups excluding carboxylic acids is 1. The first-order valence-electron chi connectivity index (χ1n) is 7.36. The average Bonchev–Trinajstić information content (AvgIpc) is 3.20. The molecule has 0 heterocycles. The molecule has 0 aromatic heterocycles. The number of hydrogen-bond donors (Lipinski definition) is 2. The van der Waals surface area contributed by atoms with Crippen LogP contribution in [0.15, 0.2) is 24.3 Å². The van der Waals surface area contributed by atoms with Gasteiger partial charge in [-0.05, 0) is 44.4 Å². The zero-order chi connectivity index (χ0) is 13.7. The van der Waals surface area contributed by atoms with Gasteiger partial charge < -0.3 is 10.6 Å². The second-order valence-electron chi connectivity index (χ2n) is 5.52. The number of nitrogens with one attached hydrogen (secondary N) is 2. The monoisotopic (exact) mass is 260 g/mol. The van der Waals surface area contributed by atoms with E-state index in [-0.39, 0.29) is 5.91 Å². The molecule has 1 aromatic rings. The van der Waals surface area contributed by atoms with Gasteiger partial charge in [0, 0.05) is 23.3 Å². The lowest BCUT2D eigenvalue weighted by molar-refractivity contribution is 0.0951. The quantitative estimate of drug-likeness (QED) is 0.787. The Kier molecular flexibility index (Phi) is 4.83. The Labute approximate surface area is 115 Å². The normalized spacial score (nSPS) is 15.9. The summed E-state index contributed by atoms with van der Waals surface area (Å²) in [6.07, 6.45) is 5.86. The van der Waals surface area contributed by atoms with Gasteiger partial charge in [0.2, 0.25) is 0 Å². The third-order valence-electron chi connectivity index (χ3n) is 3.44. The SMILES string of the molecule is CCCCC(C)Nc1cccc(C(=O)NC2CC2)c1. The minimum atomic E-state index is 0.0485. The summed E-state index contributed by atoms with van der Waals surface area (Å²) in [6.45, 7) is 4.39. The van der Waals surface area contributed by atoms with Crippen molar-refractivity contribution in [2.24, 2.45) is 0 Å². The summed E-state index contributed by atoms with van der Waals surface area (Å²) in [4.78, 5) is 12.0. The Morgan fingerprint density at radius 1 is 1.42 bits per heavy atom. The van der Waals surface area contributed by atoms with Crippen molar-refractivity contribution in [3.63, 3.8) is 0 Å². The van der Waals surface area contributed by atoms with Crippen molar-refractivity contribution in [2.75, 3.05) is 5.32 Å². The maximum atomic E-state index is 12.0. The van der Waals surface area contributed by atoms with Gasteiger partial charge in [0.25, 0.3) is 5.91 Å². The van der Waals surface area contributed by atoms with Crippen LogP contribution in [0.5, 0.6) is 0 Å². The molecule has 104 valence electrons. The molecule has 1 fully saturated rings. The van der Waals surface area contributed by atoms with E-state index in [0.717, 1.165) is 30.5 Å². The predicted octanol–water partition coefficient (Wildman–Crippen LogP) is 3.57. The smallest absolute Gasteiger partial charge is 0.251 e. The summed E-state index contributed by atoms with van der Waals surface area (Å²) >= 11 is 0. The molecular weight excluding hydrogens is 236 g/mol. The van der Waals surface area contributed by atoms with Gasteiger partial charge in [-0.3, -0.25) is 4.79 Å². The molecule has 0 saturated heterocycles. The molecule has 2 N–H and O–H groups in total. The van der Waals surface area contributed by atoms with E-state index >= 15 is 0 Å². The maximum absolute atomic E-state index is 12.0. The molecule has 1 aromatic carbocycles. The van der Waals surface area contributed by atoms with Gasteiger partial charge in [0.05, 0.1) is 0 Å². The highest BCUT2D eigenvalue weighted by Crippen LogP contribution is 2.20. The number of carbonyl (C=O) groups is 1. The van der Waals surface area contributed by atoms with Gasteiger partial charge in [0.1, 0.15) is 0 Å². The maximum Gasteiger partial charge on any atom is 0.251 e. The zero-order valence-electron chi connectivity index (χ0n) is 11.9. The van der Waals surface area contributed by atoms with Gasteiger partial charge in [-0.2, -0.15) is 0 Å². The van der Waals surface area contributed by atoms with E-state index in [1.54, 1.807) is 0 Å². The number of amides is 1. The Bertz CT molecular complexity index is 427. The molecule has 0 radical (unpaired) electrons. The minimum absolute atomic E-state index is 0.0485. The molecule has 19 heavy (non-hydrogen) atoms. The Balaban J connectivity index is 1.91. The molecule has 3 heteroatoms. The molecule has 0 bridgehead atoms. The Morgan fingerprint density at radius 2 is 2.21 bits per heavy atom. The summed E-state index contributed by atoms with van der Waals surface area (Å²) in [5.41, 5.74) is 1.78. The van der Waals surface area contributed by atoms with E-state index in [0.29, 0.717) is 12.1 Å². The second-order valence-corrected chi connectivity index (χ2v) is 5.52. The first kappa shape index (κ1) is 13.9. The topological polar surface area (TPSA) is 41.1 Å². The van der Waals surface area contributed by atoms with Gasteiger partial charge in [-0.15, -0.1) is 0 Å². The zero-order valence-corrected chi connectivity index (χ0v) is 11.9. The minimum Gasteiger partial charge on any atom is -0.383 e. The second kappa shape index (κ2) is 6.60. The van der Waals surface area contributed by atoms with E-state index in [1.807, 2.05) is 24.3 Å².